The first-order valence-electron chi connectivity index (χ1n) is 8.77. The second kappa shape index (κ2) is 8.70. The Morgan fingerprint density at radius 3 is 2.77 bits per heavy atom. The molecule has 0 radical (unpaired) electrons. The Hall–Kier alpha value is -1.83. The predicted octanol–water partition coefficient (Wildman–Crippen LogP) is 2.62. The van der Waals surface area contributed by atoms with Crippen molar-refractivity contribution in [3.05, 3.63) is 51.7 Å². The zero-order valence-corrected chi connectivity index (χ0v) is 15.7. The number of nitrogens with zero attached hydrogens (tertiary/aromatic N) is 1. The van der Waals surface area contributed by atoms with Crippen molar-refractivity contribution in [2.45, 2.75) is 19.3 Å². The highest BCUT2D eigenvalue weighted by molar-refractivity contribution is 7.09. The van der Waals surface area contributed by atoms with Crippen molar-refractivity contribution in [1.82, 2.24) is 15.6 Å². The van der Waals surface area contributed by atoms with E-state index in [4.69, 9.17) is 4.74 Å². The van der Waals surface area contributed by atoms with Crippen molar-refractivity contribution < 1.29 is 13.9 Å². The molecular weight excluding hydrogens is 353 g/mol. The van der Waals surface area contributed by atoms with Crippen LogP contribution in [-0.2, 0) is 11.2 Å². The first-order chi connectivity index (χ1) is 12.6. The molecule has 7 heteroatoms. The number of carbonyl (C=O) groups excluding carboxylic acids is 1. The Kier molecular flexibility index (Phi) is 6.34. The molecule has 2 heterocycles. The quantitative estimate of drug-likeness (QED) is 0.779. The van der Waals surface area contributed by atoms with Gasteiger partial charge >= 0.3 is 0 Å². The van der Waals surface area contributed by atoms with Gasteiger partial charge in [-0.25, -0.2) is 9.37 Å². The Morgan fingerprint density at radius 2 is 2.08 bits per heavy atom. The second-order valence-corrected chi connectivity index (χ2v) is 7.74. The lowest BCUT2D eigenvalue weighted by Crippen LogP contribution is -2.47. The summed E-state index contributed by atoms with van der Waals surface area (Å²) < 4.78 is 18.4. The maximum absolute atomic E-state index is 13.0. The van der Waals surface area contributed by atoms with Gasteiger partial charge < -0.3 is 15.4 Å². The van der Waals surface area contributed by atoms with Gasteiger partial charge in [-0.15, -0.1) is 11.3 Å². The van der Waals surface area contributed by atoms with E-state index >= 15 is 0 Å². The monoisotopic (exact) mass is 377 g/mol. The van der Waals surface area contributed by atoms with E-state index in [2.05, 4.69) is 15.6 Å². The van der Waals surface area contributed by atoms with Gasteiger partial charge in [0.25, 0.3) is 5.91 Å². The van der Waals surface area contributed by atoms with E-state index < -0.39 is 0 Å². The SMILES string of the molecule is COCC1(CNC(=O)c2csc(Cc3ccc(F)cc3)n2)CCNCC1. The molecule has 140 valence electrons. The zero-order chi connectivity index (χ0) is 18.4. The molecule has 0 spiro atoms. The number of piperidine rings is 1. The first-order valence-corrected chi connectivity index (χ1v) is 9.65. The van der Waals surface area contributed by atoms with Crippen LogP contribution in [0.25, 0.3) is 0 Å². The third-order valence-electron chi connectivity index (χ3n) is 4.79. The maximum atomic E-state index is 13.0. The minimum atomic E-state index is -0.254. The van der Waals surface area contributed by atoms with E-state index in [0.29, 0.717) is 25.3 Å². The summed E-state index contributed by atoms with van der Waals surface area (Å²) in [6.07, 6.45) is 2.56. The number of thiazole rings is 1. The number of ether oxygens (including phenoxy) is 1. The van der Waals surface area contributed by atoms with Gasteiger partial charge in [-0.2, -0.15) is 0 Å². The van der Waals surface area contributed by atoms with Gasteiger partial charge in [-0.3, -0.25) is 4.79 Å². The van der Waals surface area contributed by atoms with Gasteiger partial charge in [-0.05, 0) is 43.6 Å². The molecule has 1 fully saturated rings. The Bertz CT molecular complexity index is 721. The summed E-state index contributed by atoms with van der Waals surface area (Å²) in [5.74, 6) is -0.406. The number of carbonyl (C=O) groups is 1. The summed E-state index contributed by atoms with van der Waals surface area (Å²) in [6.45, 7) is 3.11. The van der Waals surface area contributed by atoms with E-state index in [9.17, 15) is 9.18 Å². The molecule has 1 aliphatic rings. The van der Waals surface area contributed by atoms with Crippen molar-refractivity contribution >= 4 is 17.2 Å². The van der Waals surface area contributed by atoms with Crippen LogP contribution in [-0.4, -0.2) is 44.2 Å². The lowest BCUT2D eigenvalue weighted by atomic mass is 9.79. The summed E-state index contributed by atoms with van der Waals surface area (Å²) in [5.41, 5.74) is 1.40. The van der Waals surface area contributed by atoms with E-state index in [1.165, 1.54) is 23.5 Å². The van der Waals surface area contributed by atoms with Crippen LogP contribution in [0.2, 0.25) is 0 Å². The molecule has 0 unspecified atom stereocenters. The maximum Gasteiger partial charge on any atom is 0.270 e. The van der Waals surface area contributed by atoms with Crippen LogP contribution in [0.5, 0.6) is 0 Å². The Morgan fingerprint density at radius 1 is 1.35 bits per heavy atom. The average Bonchev–Trinajstić information content (AvgIpc) is 3.11. The van der Waals surface area contributed by atoms with Crippen molar-refractivity contribution in [1.29, 1.82) is 0 Å². The summed E-state index contributed by atoms with van der Waals surface area (Å²) in [5, 5.41) is 8.99. The molecule has 1 aromatic carbocycles. The summed E-state index contributed by atoms with van der Waals surface area (Å²) in [6, 6.07) is 6.35. The molecule has 2 N–H and O–H groups in total. The molecule has 1 aromatic heterocycles. The Labute approximate surface area is 157 Å². The number of methoxy groups -OCH3 is 1. The van der Waals surface area contributed by atoms with Gasteiger partial charge in [0.2, 0.25) is 0 Å². The van der Waals surface area contributed by atoms with Crippen LogP contribution in [0, 0.1) is 11.2 Å². The fourth-order valence-corrected chi connectivity index (χ4v) is 4.08. The molecule has 2 aromatic rings. The number of hydrogen-bond donors (Lipinski definition) is 2. The number of rotatable bonds is 7. The van der Waals surface area contributed by atoms with E-state index in [-0.39, 0.29) is 17.1 Å². The molecule has 1 amide bonds. The zero-order valence-electron chi connectivity index (χ0n) is 14.9. The lowest BCUT2D eigenvalue weighted by Gasteiger charge is -2.37. The molecule has 5 nitrogen and oxygen atoms in total. The molecule has 3 rings (SSSR count). The van der Waals surface area contributed by atoms with E-state index in [1.807, 2.05) is 0 Å². The van der Waals surface area contributed by atoms with Crippen molar-refractivity contribution in [3.8, 4) is 0 Å². The minimum absolute atomic E-state index is 0.0113. The number of nitrogens with one attached hydrogen (secondary N) is 2. The number of amides is 1. The van der Waals surface area contributed by atoms with Crippen LogP contribution in [0.1, 0.15) is 33.9 Å². The Balaban J connectivity index is 1.58. The van der Waals surface area contributed by atoms with Crippen LogP contribution < -0.4 is 10.6 Å². The van der Waals surface area contributed by atoms with Crippen LogP contribution in [0.4, 0.5) is 4.39 Å². The van der Waals surface area contributed by atoms with Crippen LogP contribution in [0.15, 0.2) is 29.6 Å². The molecule has 1 aliphatic heterocycles. The summed E-state index contributed by atoms with van der Waals surface area (Å²) in [7, 11) is 1.70. The van der Waals surface area contributed by atoms with Crippen molar-refractivity contribution in [2.24, 2.45) is 5.41 Å². The standard InChI is InChI=1S/C19H24FN3O2S/c1-25-13-19(6-8-21-9-7-19)12-22-18(24)16-11-26-17(23-16)10-14-2-4-15(20)5-3-14/h2-5,11,21H,6-10,12-13H2,1H3,(H,22,24). The molecule has 0 atom stereocenters. The summed E-state index contributed by atoms with van der Waals surface area (Å²) >= 11 is 1.45. The molecule has 0 bridgehead atoms. The minimum Gasteiger partial charge on any atom is -0.384 e. The van der Waals surface area contributed by atoms with Gasteiger partial charge in [0.05, 0.1) is 11.6 Å². The lowest BCUT2D eigenvalue weighted by molar-refractivity contribution is 0.0511. The normalized spacial score (nSPS) is 16.4. The predicted molar refractivity (Wildman–Crippen MR) is 100 cm³/mol. The van der Waals surface area contributed by atoms with Crippen LogP contribution in [0.3, 0.4) is 0 Å². The fraction of sp³-hybridized carbons (Fsp3) is 0.474. The highest BCUT2D eigenvalue weighted by Gasteiger charge is 2.32. The van der Waals surface area contributed by atoms with Gasteiger partial charge in [0, 0.05) is 30.9 Å². The number of benzene rings is 1. The number of halogens is 1. The smallest absolute Gasteiger partial charge is 0.270 e. The van der Waals surface area contributed by atoms with Crippen molar-refractivity contribution in [3.63, 3.8) is 0 Å². The highest BCUT2D eigenvalue weighted by atomic mass is 32.1. The van der Waals surface area contributed by atoms with Crippen LogP contribution >= 0.6 is 11.3 Å². The topological polar surface area (TPSA) is 63.2 Å². The van der Waals surface area contributed by atoms with Gasteiger partial charge in [0.15, 0.2) is 0 Å². The average molecular weight is 377 g/mol. The summed E-state index contributed by atoms with van der Waals surface area (Å²) in [4.78, 5) is 16.9. The highest BCUT2D eigenvalue weighted by Crippen LogP contribution is 2.28. The number of hydrogen-bond acceptors (Lipinski definition) is 5. The second-order valence-electron chi connectivity index (χ2n) is 6.80. The third kappa shape index (κ3) is 4.87. The molecule has 1 saturated heterocycles. The molecular formula is C19H24FN3O2S. The van der Waals surface area contributed by atoms with Gasteiger partial charge in [-0.1, -0.05) is 12.1 Å². The van der Waals surface area contributed by atoms with Gasteiger partial charge in [0.1, 0.15) is 11.5 Å². The van der Waals surface area contributed by atoms with E-state index in [0.717, 1.165) is 36.5 Å². The fourth-order valence-electron chi connectivity index (χ4n) is 3.27. The molecule has 0 saturated carbocycles. The first kappa shape index (κ1) is 18.9. The number of aromatic nitrogens is 1. The molecule has 26 heavy (non-hydrogen) atoms. The van der Waals surface area contributed by atoms with E-state index in [1.54, 1.807) is 24.6 Å². The third-order valence-corrected chi connectivity index (χ3v) is 5.64. The molecule has 0 aliphatic carbocycles. The largest absolute Gasteiger partial charge is 0.384 e. The van der Waals surface area contributed by atoms with Crippen molar-refractivity contribution in [2.75, 3.05) is 33.4 Å².